The van der Waals surface area contributed by atoms with Crippen LogP contribution in [0.1, 0.15) is 37.9 Å². The first-order chi connectivity index (χ1) is 16.7. The number of nitrogens with zero attached hydrogens (tertiary/aromatic N) is 2. The number of benzene rings is 2. The van der Waals surface area contributed by atoms with Gasteiger partial charge < -0.3 is 19.3 Å². The van der Waals surface area contributed by atoms with Gasteiger partial charge in [0.15, 0.2) is 16.3 Å². The number of methoxy groups -OCH3 is 2. The van der Waals surface area contributed by atoms with Crippen molar-refractivity contribution in [3.8, 4) is 17.2 Å². The van der Waals surface area contributed by atoms with E-state index >= 15 is 0 Å². The standard InChI is InChI=1S/C26H26N2O6S/c1-14(2)34-19-10-9-17(13-20(19)32-4)23-22(25(31)33-5)15(3)27-26-28(23)24(30)21(35-26)12-16-7-6-8-18(29)11-16/h6-14,23,29H,1-5H3. The molecule has 4 rings (SSSR count). The van der Waals surface area contributed by atoms with Crippen molar-refractivity contribution in [2.24, 2.45) is 4.99 Å². The van der Waals surface area contributed by atoms with Crippen LogP contribution in [0.2, 0.25) is 0 Å². The minimum Gasteiger partial charge on any atom is -0.508 e. The molecule has 0 radical (unpaired) electrons. The molecule has 1 atom stereocenters. The molecule has 0 bridgehead atoms. The Morgan fingerprint density at radius 2 is 1.94 bits per heavy atom. The van der Waals surface area contributed by atoms with Crippen LogP contribution in [-0.4, -0.2) is 36.0 Å². The Morgan fingerprint density at radius 3 is 2.60 bits per heavy atom. The van der Waals surface area contributed by atoms with Gasteiger partial charge in [-0.25, -0.2) is 9.79 Å². The number of carbonyl (C=O) groups is 1. The van der Waals surface area contributed by atoms with Gasteiger partial charge in [-0.05, 0) is 62.2 Å². The van der Waals surface area contributed by atoms with Crippen molar-refractivity contribution >= 4 is 23.4 Å². The van der Waals surface area contributed by atoms with Gasteiger partial charge in [-0.1, -0.05) is 29.5 Å². The summed E-state index contributed by atoms with van der Waals surface area (Å²) in [7, 11) is 2.84. The fourth-order valence-corrected chi connectivity index (χ4v) is 5.03. The molecule has 0 amide bonds. The topological polar surface area (TPSA) is 99.4 Å². The molecule has 2 aromatic carbocycles. The summed E-state index contributed by atoms with van der Waals surface area (Å²) < 4.78 is 18.3. The molecular weight excluding hydrogens is 468 g/mol. The lowest BCUT2D eigenvalue weighted by atomic mass is 9.95. The quantitative estimate of drug-likeness (QED) is 0.529. The average molecular weight is 495 g/mol. The van der Waals surface area contributed by atoms with Crippen LogP contribution < -0.4 is 24.4 Å². The number of allylic oxidation sites excluding steroid dienone is 1. The molecule has 182 valence electrons. The second-order valence-electron chi connectivity index (χ2n) is 8.25. The fourth-order valence-electron chi connectivity index (χ4n) is 3.98. The van der Waals surface area contributed by atoms with Crippen molar-refractivity contribution in [1.29, 1.82) is 0 Å². The third-order valence-electron chi connectivity index (χ3n) is 5.46. The number of esters is 1. The zero-order valence-electron chi connectivity index (χ0n) is 20.1. The molecule has 1 aromatic heterocycles. The summed E-state index contributed by atoms with van der Waals surface area (Å²) in [6.45, 7) is 5.55. The predicted octanol–water partition coefficient (Wildman–Crippen LogP) is 2.91. The van der Waals surface area contributed by atoms with E-state index in [0.29, 0.717) is 37.7 Å². The molecule has 3 aromatic rings. The van der Waals surface area contributed by atoms with Crippen LogP contribution in [0.5, 0.6) is 17.2 Å². The van der Waals surface area contributed by atoms with Gasteiger partial charge in [-0.2, -0.15) is 0 Å². The number of hydrogen-bond donors (Lipinski definition) is 1. The number of carbonyl (C=O) groups excluding carboxylic acids is 1. The molecule has 1 unspecified atom stereocenters. The van der Waals surface area contributed by atoms with E-state index in [1.807, 2.05) is 13.8 Å². The molecule has 9 heteroatoms. The van der Waals surface area contributed by atoms with Gasteiger partial charge in [-0.3, -0.25) is 9.36 Å². The van der Waals surface area contributed by atoms with Crippen molar-refractivity contribution in [3.05, 3.63) is 84.5 Å². The molecule has 1 aliphatic rings. The van der Waals surface area contributed by atoms with Crippen LogP contribution in [0, 0.1) is 0 Å². The number of aromatic nitrogens is 1. The van der Waals surface area contributed by atoms with Crippen LogP contribution in [0.3, 0.4) is 0 Å². The van der Waals surface area contributed by atoms with Gasteiger partial charge in [-0.15, -0.1) is 0 Å². The minimum atomic E-state index is -0.771. The highest BCUT2D eigenvalue weighted by atomic mass is 32.1. The second-order valence-corrected chi connectivity index (χ2v) is 9.25. The van der Waals surface area contributed by atoms with Crippen LogP contribution in [0.25, 0.3) is 6.08 Å². The number of thiazole rings is 1. The Bertz CT molecular complexity index is 1500. The summed E-state index contributed by atoms with van der Waals surface area (Å²) in [5.41, 5.74) is 1.75. The normalized spacial score (nSPS) is 15.6. The molecule has 0 spiro atoms. The first-order valence-electron chi connectivity index (χ1n) is 11.0. The maximum atomic E-state index is 13.6. The number of fused-ring (bicyclic) bond motifs is 1. The zero-order valence-corrected chi connectivity index (χ0v) is 20.9. The van der Waals surface area contributed by atoms with Gasteiger partial charge in [0.05, 0.1) is 42.2 Å². The van der Waals surface area contributed by atoms with Crippen molar-refractivity contribution in [1.82, 2.24) is 4.57 Å². The first-order valence-corrected chi connectivity index (χ1v) is 11.8. The molecular formula is C26H26N2O6S. The van der Waals surface area contributed by atoms with Gasteiger partial charge in [0.2, 0.25) is 0 Å². The van der Waals surface area contributed by atoms with E-state index in [0.717, 1.165) is 0 Å². The Morgan fingerprint density at radius 1 is 1.17 bits per heavy atom. The van der Waals surface area contributed by atoms with Crippen molar-refractivity contribution < 1.29 is 24.1 Å². The largest absolute Gasteiger partial charge is 0.508 e. The Balaban J connectivity index is 1.95. The molecule has 0 saturated heterocycles. The lowest BCUT2D eigenvalue weighted by Gasteiger charge is -2.25. The molecule has 0 fully saturated rings. The SMILES string of the molecule is COC(=O)C1=C(C)N=c2sc(=Cc3cccc(O)c3)c(=O)n2C1c1ccc(OC(C)C)c(OC)c1. The molecule has 0 saturated carbocycles. The van der Waals surface area contributed by atoms with E-state index in [-0.39, 0.29) is 23.0 Å². The molecule has 2 heterocycles. The molecule has 35 heavy (non-hydrogen) atoms. The maximum absolute atomic E-state index is 13.6. The number of ether oxygens (including phenoxy) is 3. The summed E-state index contributed by atoms with van der Waals surface area (Å²) in [6.07, 6.45) is 1.63. The molecule has 1 aliphatic heterocycles. The van der Waals surface area contributed by atoms with Crippen LogP contribution in [-0.2, 0) is 9.53 Å². The van der Waals surface area contributed by atoms with Gasteiger partial charge in [0, 0.05) is 0 Å². The first kappa shape index (κ1) is 24.3. The number of hydrogen-bond acceptors (Lipinski definition) is 8. The molecule has 0 aliphatic carbocycles. The van der Waals surface area contributed by atoms with Gasteiger partial charge in [0.25, 0.3) is 5.56 Å². The second kappa shape index (κ2) is 9.79. The van der Waals surface area contributed by atoms with Crippen LogP contribution >= 0.6 is 11.3 Å². The lowest BCUT2D eigenvalue weighted by molar-refractivity contribution is -0.136. The van der Waals surface area contributed by atoms with Crippen LogP contribution in [0.15, 0.2) is 63.5 Å². The van der Waals surface area contributed by atoms with Gasteiger partial charge in [0.1, 0.15) is 5.75 Å². The number of phenolic OH excluding ortho intramolecular Hbond substituents is 1. The fraction of sp³-hybridized carbons (Fsp3) is 0.269. The lowest BCUT2D eigenvalue weighted by Crippen LogP contribution is -2.39. The monoisotopic (exact) mass is 494 g/mol. The highest BCUT2D eigenvalue weighted by Crippen LogP contribution is 2.36. The van der Waals surface area contributed by atoms with Crippen LogP contribution in [0.4, 0.5) is 0 Å². The van der Waals surface area contributed by atoms with E-state index in [4.69, 9.17) is 14.2 Å². The molecule has 8 nitrogen and oxygen atoms in total. The van der Waals surface area contributed by atoms with E-state index in [1.54, 1.807) is 55.5 Å². The van der Waals surface area contributed by atoms with E-state index in [1.165, 1.54) is 30.1 Å². The summed E-state index contributed by atoms with van der Waals surface area (Å²) in [5, 5.41) is 9.80. The Kier molecular flexibility index (Phi) is 6.79. The highest BCUT2D eigenvalue weighted by Gasteiger charge is 2.33. The highest BCUT2D eigenvalue weighted by molar-refractivity contribution is 7.07. The van der Waals surface area contributed by atoms with Crippen molar-refractivity contribution in [2.75, 3.05) is 14.2 Å². The number of rotatable bonds is 6. The Hall–Kier alpha value is -3.85. The zero-order chi connectivity index (χ0) is 25.3. The Labute approximate surface area is 206 Å². The van der Waals surface area contributed by atoms with E-state index < -0.39 is 12.0 Å². The summed E-state index contributed by atoms with van der Waals surface area (Å²) in [6, 6.07) is 11.2. The smallest absolute Gasteiger partial charge is 0.338 e. The summed E-state index contributed by atoms with van der Waals surface area (Å²) in [5.74, 6) is 0.573. The number of phenols is 1. The van der Waals surface area contributed by atoms with Gasteiger partial charge >= 0.3 is 5.97 Å². The molecule has 1 N–H and O–H groups in total. The van der Waals surface area contributed by atoms with Crippen molar-refractivity contribution in [2.45, 2.75) is 32.9 Å². The minimum absolute atomic E-state index is 0.0578. The average Bonchev–Trinajstić information content (AvgIpc) is 3.12. The summed E-state index contributed by atoms with van der Waals surface area (Å²) in [4.78, 5) is 31.4. The summed E-state index contributed by atoms with van der Waals surface area (Å²) >= 11 is 1.21. The predicted molar refractivity (Wildman–Crippen MR) is 133 cm³/mol. The number of aromatic hydroxyl groups is 1. The van der Waals surface area contributed by atoms with E-state index in [9.17, 15) is 14.7 Å². The third kappa shape index (κ3) is 4.72. The maximum Gasteiger partial charge on any atom is 0.338 e. The third-order valence-corrected chi connectivity index (χ3v) is 6.44. The van der Waals surface area contributed by atoms with E-state index in [2.05, 4.69) is 4.99 Å². The van der Waals surface area contributed by atoms with Crippen molar-refractivity contribution in [3.63, 3.8) is 0 Å².